The van der Waals surface area contributed by atoms with Crippen LogP contribution >= 0.6 is 11.3 Å². The van der Waals surface area contributed by atoms with Gasteiger partial charge in [-0.15, -0.1) is 11.3 Å². The van der Waals surface area contributed by atoms with E-state index in [1.165, 1.54) is 82.2 Å². The van der Waals surface area contributed by atoms with Crippen LogP contribution < -0.4 is 5.32 Å². The van der Waals surface area contributed by atoms with Crippen LogP contribution in [-0.4, -0.2) is 30.4 Å². The topological polar surface area (TPSA) is 32.3 Å². The van der Waals surface area contributed by atoms with E-state index in [4.69, 9.17) is 0 Å². The van der Waals surface area contributed by atoms with Crippen LogP contribution in [0.15, 0.2) is 17.5 Å². The molecule has 1 aromatic rings. The Hall–Kier alpha value is -0.870. The van der Waals surface area contributed by atoms with Crippen LogP contribution in [0.5, 0.6) is 0 Å². The van der Waals surface area contributed by atoms with E-state index in [-0.39, 0.29) is 5.41 Å². The van der Waals surface area contributed by atoms with Crippen molar-refractivity contribution in [1.29, 1.82) is 0 Å². The highest BCUT2D eigenvalue weighted by molar-refractivity contribution is 7.10. The van der Waals surface area contributed by atoms with Gasteiger partial charge in [0.15, 0.2) is 0 Å². The highest BCUT2D eigenvalue weighted by Crippen LogP contribution is 2.60. The molecule has 0 unspecified atom stereocenters. The third-order valence-corrected chi connectivity index (χ3v) is 8.90. The standard InChI is InChI=1S/C23H34N2OS/c26-22(23-13-17-10-18(14-23)12-19(11-17)15-23)24-16-20(21-6-5-9-27-21)25-7-3-1-2-4-8-25/h5-6,9,17-20H,1-4,7-8,10-16H2,(H,24,26)/t17?,18?,19?,20-,23?/m1/s1. The summed E-state index contributed by atoms with van der Waals surface area (Å²) in [5.41, 5.74) is -0.0203. The number of nitrogens with one attached hydrogen (secondary N) is 1. The fraction of sp³-hybridized carbons (Fsp3) is 0.783. The van der Waals surface area contributed by atoms with Crippen molar-refractivity contribution in [1.82, 2.24) is 10.2 Å². The number of carbonyl (C=O) groups is 1. The lowest BCUT2D eigenvalue weighted by Gasteiger charge is -2.55. The molecule has 1 atom stereocenters. The smallest absolute Gasteiger partial charge is 0.226 e. The second kappa shape index (κ2) is 7.51. The Morgan fingerprint density at radius 2 is 1.70 bits per heavy atom. The van der Waals surface area contributed by atoms with Crippen molar-refractivity contribution in [3.05, 3.63) is 22.4 Å². The van der Waals surface area contributed by atoms with E-state index in [9.17, 15) is 4.79 Å². The van der Waals surface area contributed by atoms with E-state index < -0.39 is 0 Å². The molecule has 4 saturated carbocycles. The Kier molecular flexibility index (Phi) is 5.06. The van der Waals surface area contributed by atoms with Gasteiger partial charge in [-0.3, -0.25) is 9.69 Å². The van der Waals surface area contributed by atoms with E-state index in [0.717, 1.165) is 24.3 Å². The van der Waals surface area contributed by atoms with Crippen LogP contribution in [0.3, 0.4) is 0 Å². The highest BCUT2D eigenvalue weighted by atomic mass is 32.1. The predicted octanol–water partition coefficient (Wildman–Crippen LogP) is 5.00. The van der Waals surface area contributed by atoms with Gasteiger partial charge in [0.2, 0.25) is 5.91 Å². The van der Waals surface area contributed by atoms with E-state index in [2.05, 4.69) is 27.7 Å². The zero-order valence-electron chi connectivity index (χ0n) is 16.5. The molecule has 1 saturated heterocycles. The average molecular weight is 387 g/mol. The summed E-state index contributed by atoms with van der Waals surface area (Å²) >= 11 is 1.85. The van der Waals surface area contributed by atoms with Crippen molar-refractivity contribution in [2.75, 3.05) is 19.6 Å². The summed E-state index contributed by atoms with van der Waals surface area (Å²) in [6, 6.07) is 4.78. The molecule has 4 heteroatoms. The van der Waals surface area contributed by atoms with Crippen molar-refractivity contribution >= 4 is 17.2 Å². The maximum absolute atomic E-state index is 13.4. The first kappa shape index (κ1) is 18.2. The van der Waals surface area contributed by atoms with Crippen LogP contribution in [0.25, 0.3) is 0 Å². The van der Waals surface area contributed by atoms with E-state index in [1.807, 2.05) is 11.3 Å². The number of hydrogen-bond donors (Lipinski definition) is 1. The number of amides is 1. The number of rotatable bonds is 5. The lowest BCUT2D eigenvalue weighted by Crippen LogP contribution is -2.54. The van der Waals surface area contributed by atoms with Gasteiger partial charge in [-0.05, 0) is 93.7 Å². The molecule has 4 bridgehead atoms. The molecule has 148 valence electrons. The van der Waals surface area contributed by atoms with Gasteiger partial charge in [-0.1, -0.05) is 18.9 Å². The van der Waals surface area contributed by atoms with Gasteiger partial charge < -0.3 is 5.32 Å². The molecule has 0 spiro atoms. The van der Waals surface area contributed by atoms with E-state index in [0.29, 0.717) is 11.9 Å². The molecule has 1 aromatic heterocycles. The fourth-order valence-electron chi connectivity index (χ4n) is 7.06. The molecule has 4 aliphatic carbocycles. The molecule has 1 N–H and O–H groups in total. The molecular formula is C23H34N2OS. The van der Waals surface area contributed by atoms with Crippen molar-refractivity contribution in [2.24, 2.45) is 23.2 Å². The molecule has 6 rings (SSSR count). The third-order valence-electron chi connectivity index (χ3n) is 7.93. The Morgan fingerprint density at radius 3 is 2.26 bits per heavy atom. The zero-order chi connectivity index (χ0) is 18.3. The van der Waals surface area contributed by atoms with Gasteiger partial charge in [0.1, 0.15) is 0 Å². The molecule has 2 heterocycles. The first-order valence-electron chi connectivity index (χ1n) is 11.3. The number of thiophene rings is 1. The maximum Gasteiger partial charge on any atom is 0.226 e. The summed E-state index contributed by atoms with van der Waals surface area (Å²) in [4.78, 5) is 17.5. The second-order valence-corrected chi connectivity index (χ2v) is 10.9. The van der Waals surface area contributed by atoms with Crippen LogP contribution in [0.2, 0.25) is 0 Å². The molecule has 0 aromatic carbocycles. The second-order valence-electron chi connectivity index (χ2n) is 9.89. The van der Waals surface area contributed by atoms with Gasteiger partial charge in [0.25, 0.3) is 0 Å². The maximum atomic E-state index is 13.4. The minimum absolute atomic E-state index is 0.0203. The Labute approximate surface area is 167 Å². The van der Waals surface area contributed by atoms with Gasteiger partial charge in [0, 0.05) is 16.8 Å². The summed E-state index contributed by atoms with van der Waals surface area (Å²) in [6.07, 6.45) is 13.0. The average Bonchev–Trinajstić information content (AvgIpc) is 3.03. The summed E-state index contributed by atoms with van der Waals surface area (Å²) < 4.78 is 0. The Morgan fingerprint density at radius 1 is 1.07 bits per heavy atom. The highest BCUT2D eigenvalue weighted by Gasteiger charge is 2.54. The molecule has 27 heavy (non-hydrogen) atoms. The Bertz CT molecular complexity index is 612. The number of carbonyl (C=O) groups excluding carboxylic acids is 1. The number of nitrogens with zero attached hydrogens (tertiary/aromatic N) is 1. The molecule has 5 fully saturated rings. The van der Waals surface area contributed by atoms with E-state index in [1.54, 1.807) is 0 Å². The quantitative estimate of drug-likeness (QED) is 0.772. The monoisotopic (exact) mass is 386 g/mol. The minimum atomic E-state index is -0.0203. The summed E-state index contributed by atoms with van der Waals surface area (Å²) in [5.74, 6) is 2.89. The summed E-state index contributed by atoms with van der Waals surface area (Å²) in [6.45, 7) is 3.15. The molecular weight excluding hydrogens is 352 g/mol. The molecule has 5 aliphatic rings. The van der Waals surface area contributed by atoms with Gasteiger partial charge in [-0.2, -0.15) is 0 Å². The molecule has 1 aliphatic heterocycles. The zero-order valence-corrected chi connectivity index (χ0v) is 17.3. The molecule has 0 radical (unpaired) electrons. The van der Waals surface area contributed by atoms with Crippen LogP contribution in [-0.2, 0) is 4.79 Å². The molecule has 3 nitrogen and oxygen atoms in total. The van der Waals surface area contributed by atoms with Gasteiger partial charge in [0.05, 0.1) is 6.04 Å². The minimum Gasteiger partial charge on any atom is -0.354 e. The Balaban J connectivity index is 1.28. The summed E-state index contributed by atoms with van der Waals surface area (Å²) in [7, 11) is 0. The largest absolute Gasteiger partial charge is 0.354 e. The van der Waals surface area contributed by atoms with Crippen LogP contribution in [0, 0.1) is 23.2 Å². The summed E-state index contributed by atoms with van der Waals surface area (Å²) in [5, 5.41) is 5.65. The first-order chi connectivity index (χ1) is 13.2. The fourth-order valence-corrected chi connectivity index (χ4v) is 7.92. The predicted molar refractivity (Wildman–Crippen MR) is 111 cm³/mol. The van der Waals surface area contributed by atoms with E-state index >= 15 is 0 Å². The third kappa shape index (κ3) is 3.60. The number of hydrogen-bond acceptors (Lipinski definition) is 3. The van der Waals surface area contributed by atoms with Crippen LogP contribution in [0.4, 0.5) is 0 Å². The lowest BCUT2D eigenvalue weighted by atomic mass is 9.49. The normalized spacial score (nSPS) is 37.1. The van der Waals surface area contributed by atoms with Crippen LogP contribution in [0.1, 0.15) is 75.1 Å². The number of likely N-dealkylation sites (tertiary alicyclic amines) is 1. The van der Waals surface area contributed by atoms with Crippen molar-refractivity contribution in [3.63, 3.8) is 0 Å². The van der Waals surface area contributed by atoms with Gasteiger partial charge >= 0.3 is 0 Å². The van der Waals surface area contributed by atoms with Crippen molar-refractivity contribution < 1.29 is 4.79 Å². The lowest BCUT2D eigenvalue weighted by molar-refractivity contribution is -0.146. The van der Waals surface area contributed by atoms with Crippen molar-refractivity contribution in [3.8, 4) is 0 Å². The SMILES string of the molecule is O=C(NC[C@H](c1cccs1)N1CCCCCC1)C12CC3CC(CC(C3)C1)C2. The van der Waals surface area contributed by atoms with Gasteiger partial charge in [-0.25, -0.2) is 0 Å². The molecule has 1 amide bonds. The van der Waals surface area contributed by atoms with Crippen molar-refractivity contribution in [2.45, 2.75) is 70.3 Å². The first-order valence-corrected chi connectivity index (χ1v) is 12.2.